The number of hydrogen-bond donors (Lipinski definition) is 1. The molecule has 1 fully saturated rings. The highest BCUT2D eigenvalue weighted by atomic mass is 32.3. The summed E-state index contributed by atoms with van der Waals surface area (Å²) in [5.74, 6) is 0. The Kier molecular flexibility index (Phi) is 4.15. The van der Waals surface area contributed by atoms with Crippen LogP contribution < -0.4 is 5.32 Å². The van der Waals surface area contributed by atoms with E-state index in [9.17, 15) is 16.7 Å². The van der Waals surface area contributed by atoms with Crippen molar-refractivity contribution in [3.8, 4) is 11.3 Å². The van der Waals surface area contributed by atoms with Crippen LogP contribution >= 0.6 is 0 Å². The predicted octanol–water partition coefficient (Wildman–Crippen LogP) is 1.70. The standard InChI is InChI=1S/C14H16F2N4O2S/c15-14(5-7-17-8-6-14)10-20-9-13(18-19-20)11-1-3-12(4-2-11)23(16,21)22/h1-4,9,17H,5-8,10H2. The second kappa shape index (κ2) is 5.97. The third-order valence-electron chi connectivity index (χ3n) is 3.92. The molecule has 0 unspecified atom stereocenters. The summed E-state index contributed by atoms with van der Waals surface area (Å²) in [6, 6.07) is 5.20. The Balaban J connectivity index is 1.76. The van der Waals surface area contributed by atoms with Crippen molar-refractivity contribution in [2.45, 2.75) is 30.0 Å². The van der Waals surface area contributed by atoms with Gasteiger partial charge in [-0.1, -0.05) is 17.3 Å². The maximum Gasteiger partial charge on any atom is 0.332 e. The summed E-state index contributed by atoms with van der Waals surface area (Å²) in [6.45, 7) is 1.40. The summed E-state index contributed by atoms with van der Waals surface area (Å²) in [5.41, 5.74) is -0.241. The van der Waals surface area contributed by atoms with Crippen LogP contribution in [0.15, 0.2) is 35.4 Å². The van der Waals surface area contributed by atoms with Crippen LogP contribution in [0.5, 0.6) is 0 Å². The van der Waals surface area contributed by atoms with Crippen molar-refractivity contribution in [1.29, 1.82) is 0 Å². The molecule has 0 bridgehead atoms. The fourth-order valence-corrected chi connectivity index (χ4v) is 3.08. The first kappa shape index (κ1) is 16.0. The number of nitrogens with one attached hydrogen (secondary N) is 1. The van der Waals surface area contributed by atoms with Gasteiger partial charge in [-0.25, -0.2) is 9.07 Å². The lowest BCUT2D eigenvalue weighted by molar-refractivity contribution is 0.0887. The van der Waals surface area contributed by atoms with Crippen molar-refractivity contribution in [3.05, 3.63) is 30.5 Å². The molecule has 1 aliphatic heterocycles. The molecule has 1 N–H and O–H groups in total. The molecule has 1 aromatic heterocycles. The van der Waals surface area contributed by atoms with E-state index < -0.39 is 20.8 Å². The van der Waals surface area contributed by atoms with Gasteiger partial charge in [0.1, 0.15) is 11.4 Å². The van der Waals surface area contributed by atoms with Gasteiger partial charge in [0.05, 0.1) is 17.6 Å². The second-order valence-electron chi connectivity index (χ2n) is 5.66. The molecule has 1 aromatic carbocycles. The zero-order valence-corrected chi connectivity index (χ0v) is 13.1. The van der Waals surface area contributed by atoms with Crippen LogP contribution in [0.25, 0.3) is 11.3 Å². The van der Waals surface area contributed by atoms with Gasteiger partial charge in [0, 0.05) is 5.56 Å². The average molecular weight is 342 g/mol. The molecule has 124 valence electrons. The predicted molar refractivity (Wildman–Crippen MR) is 79.7 cm³/mol. The summed E-state index contributed by atoms with van der Waals surface area (Å²) in [7, 11) is -4.72. The number of aromatic nitrogens is 3. The van der Waals surface area contributed by atoms with Gasteiger partial charge >= 0.3 is 10.2 Å². The topological polar surface area (TPSA) is 76.9 Å². The smallest absolute Gasteiger partial charge is 0.316 e. The molecule has 2 aromatic rings. The summed E-state index contributed by atoms with van der Waals surface area (Å²) in [4.78, 5) is -0.411. The Morgan fingerprint density at radius 3 is 2.48 bits per heavy atom. The summed E-state index contributed by atoms with van der Waals surface area (Å²) < 4.78 is 50.5. The number of benzene rings is 1. The molecule has 0 spiro atoms. The van der Waals surface area contributed by atoms with Crippen LogP contribution in [0.4, 0.5) is 8.28 Å². The van der Waals surface area contributed by atoms with Crippen LogP contribution in [0.1, 0.15) is 12.8 Å². The first-order valence-electron chi connectivity index (χ1n) is 7.21. The van der Waals surface area contributed by atoms with Gasteiger partial charge < -0.3 is 5.32 Å². The van der Waals surface area contributed by atoms with Gasteiger partial charge in [0.15, 0.2) is 0 Å². The summed E-state index contributed by atoms with van der Waals surface area (Å²) >= 11 is 0. The van der Waals surface area contributed by atoms with E-state index in [4.69, 9.17) is 0 Å². The minimum absolute atomic E-state index is 0.124. The Labute approximate surface area is 132 Å². The first-order chi connectivity index (χ1) is 10.9. The van der Waals surface area contributed by atoms with E-state index in [2.05, 4.69) is 15.6 Å². The fraction of sp³-hybridized carbons (Fsp3) is 0.429. The van der Waals surface area contributed by atoms with Crippen LogP contribution in [-0.2, 0) is 16.8 Å². The highest BCUT2D eigenvalue weighted by molar-refractivity contribution is 7.86. The molecule has 1 saturated heterocycles. The molecular formula is C14H16F2N4O2S. The Bertz CT molecular complexity index is 783. The van der Waals surface area contributed by atoms with Gasteiger partial charge in [0.2, 0.25) is 0 Å². The van der Waals surface area contributed by atoms with Crippen LogP contribution in [0.2, 0.25) is 0 Å². The first-order valence-corrected chi connectivity index (χ1v) is 8.59. The lowest BCUT2D eigenvalue weighted by atomic mass is 9.94. The second-order valence-corrected chi connectivity index (χ2v) is 7.01. The van der Waals surface area contributed by atoms with Crippen molar-refractivity contribution in [2.75, 3.05) is 13.1 Å². The van der Waals surface area contributed by atoms with Gasteiger partial charge in [-0.15, -0.1) is 8.98 Å². The van der Waals surface area contributed by atoms with Crippen molar-refractivity contribution in [1.82, 2.24) is 20.3 Å². The molecule has 0 aliphatic carbocycles. The number of piperidine rings is 1. The third-order valence-corrected chi connectivity index (χ3v) is 4.75. The highest BCUT2D eigenvalue weighted by Gasteiger charge is 2.32. The monoisotopic (exact) mass is 342 g/mol. The van der Waals surface area contributed by atoms with Crippen molar-refractivity contribution in [2.24, 2.45) is 0 Å². The van der Waals surface area contributed by atoms with E-state index in [0.29, 0.717) is 37.2 Å². The summed E-state index contributed by atoms with van der Waals surface area (Å²) in [5, 5.41) is 11.0. The van der Waals surface area contributed by atoms with Gasteiger partial charge in [0.25, 0.3) is 0 Å². The van der Waals surface area contributed by atoms with E-state index in [0.717, 1.165) is 12.1 Å². The molecule has 2 heterocycles. The minimum atomic E-state index is -4.72. The van der Waals surface area contributed by atoms with Crippen LogP contribution in [0, 0.1) is 0 Å². The molecule has 0 atom stereocenters. The van der Waals surface area contributed by atoms with Crippen molar-refractivity contribution >= 4 is 10.2 Å². The highest BCUT2D eigenvalue weighted by Crippen LogP contribution is 2.26. The molecule has 3 rings (SSSR count). The van der Waals surface area contributed by atoms with Crippen molar-refractivity contribution < 1.29 is 16.7 Å². The molecule has 0 radical (unpaired) electrons. The van der Waals surface area contributed by atoms with E-state index in [-0.39, 0.29) is 6.54 Å². The molecular weight excluding hydrogens is 326 g/mol. The molecule has 9 heteroatoms. The number of halogens is 2. The van der Waals surface area contributed by atoms with E-state index in [1.54, 1.807) is 6.20 Å². The molecule has 0 saturated carbocycles. The number of hydrogen-bond acceptors (Lipinski definition) is 5. The maximum absolute atomic E-state index is 14.6. The zero-order chi connectivity index (χ0) is 16.5. The quantitative estimate of drug-likeness (QED) is 0.856. The Morgan fingerprint density at radius 2 is 1.87 bits per heavy atom. The minimum Gasteiger partial charge on any atom is -0.316 e. The maximum atomic E-state index is 14.6. The fourth-order valence-electron chi connectivity index (χ4n) is 2.62. The van der Waals surface area contributed by atoms with E-state index in [1.165, 1.54) is 16.8 Å². The lowest BCUT2D eigenvalue weighted by Gasteiger charge is -2.29. The lowest BCUT2D eigenvalue weighted by Crippen LogP contribution is -2.41. The third kappa shape index (κ3) is 3.73. The van der Waals surface area contributed by atoms with E-state index in [1.807, 2.05) is 0 Å². The summed E-state index contributed by atoms with van der Waals surface area (Å²) in [6.07, 6.45) is 2.44. The molecule has 23 heavy (non-hydrogen) atoms. The Morgan fingerprint density at radius 1 is 1.22 bits per heavy atom. The number of rotatable bonds is 4. The number of alkyl halides is 1. The number of nitrogens with zero attached hydrogens (tertiary/aromatic N) is 3. The largest absolute Gasteiger partial charge is 0.332 e. The van der Waals surface area contributed by atoms with Gasteiger partial charge in [-0.05, 0) is 38.1 Å². The molecule has 0 amide bonds. The Hall–Kier alpha value is -1.87. The van der Waals surface area contributed by atoms with Gasteiger partial charge in [-0.2, -0.15) is 8.42 Å². The van der Waals surface area contributed by atoms with Crippen LogP contribution in [-0.4, -0.2) is 42.2 Å². The van der Waals surface area contributed by atoms with Crippen molar-refractivity contribution in [3.63, 3.8) is 0 Å². The van der Waals surface area contributed by atoms with Crippen LogP contribution in [0.3, 0.4) is 0 Å². The molecule has 6 nitrogen and oxygen atoms in total. The SMILES string of the molecule is O=S(=O)(F)c1ccc(-c2cn(CC3(F)CCNCC3)nn2)cc1. The van der Waals surface area contributed by atoms with E-state index >= 15 is 0 Å². The molecule has 1 aliphatic rings. The van der Waals surface area contributed by atoms with Gasteiger partial charge in [-0.3, -0.25) is 0 Å². The average Bonchev–Trinajstić information content (AvgIpc) is 2.95. The zero-order valence-electron chi connectivity index (χ0n) is 12.2. The normalized spacial score (nSPS) is 18.0.